The molecular weight excluding hydrogens is 494 g/mol. The summed E-state index contributed by atoms with van der Waals surface area (Å²) in [6.07, 6.45) is 8.04. The van der Waals surface area contributed by atoms with Crippen LogP contribution in [0.25, 0.3) is 0 Å². The predicted molar refractivity (Wildman–Crippen MR) is 149 cm³/mol. The maximum absolute atomic E-state index is 12.2. The Morgan fingerprint density at radius 3 is 2.59 bits per heavy atom. The van der Waals surface area contributed by atoms with Crippen molar-refractivity contribution < 1.29 is 9.59 Å². The van der Waals surface area contributed by atoms with E-state index in [4.69, 9.17) is 11.0 Å². The zero-order valence-corrected chi connectivity index (χ0v) is 21.8. The summed E-state index contributed by atoms with van der Waals surface area (Å²) in [5.41, 5.74) is 7.89. The summed E-state index contributed by atoms with van der Waals surface area (Å²) >= 11 is 0. The minimum absolute atomic E-state index is 0.104. The van der Waals surface area contributed by atoms with Crippen LogP contribution in [-0.2, 0) is 4.79 Å². The molecule has 4 N–H and O–H groups in total. The lowest BCUT2D eigenvalue weighted by atomic mass is 9.93. The quantitative estimate of drug-likeness (QED) is 0.421. The number of carbonyl (C=O) groups is 2. The molecule has 2 saturated heterocycles. The van der Waals surface area contributed by atoms with Gasteiger partial charge in [-0.25, -0.2) is 15.0 Å². The Morgan fingerprint density at radius 1 is 1.08 bits per heavy atom. The molecule has 0 saturated carbocycles. The van der Waals surface area contributed by atoms with E-state index >= 15 is 0 Å². The van der Waals surface area contributed by atoms with Gasteiger partial charge in [-0.15, -0.1) is 0 Å². The van der Waals surface area contributed by atoms with Crippen LogP contribution in [-0.4, -0.2) is 52.4 Å². The highest BCUT2D eigenvalue weighted by Gasteiger charge is 2.28. The molecule has 5 rings (SSSR count). The highest BCUT2D eigenvalue weighted by molar-refractivity contribution is 5.98. The number of amides is 2. The third kappa shape index (κ3) is 5.90. The van der Waals surface area contributed by atoms with Crippen molar-refractivity contribution in [3.05, 3.63) is 60.0 Å². The van der Waals surface area contributed by atoms with Crippen LogP contribution in [0.4, 0.5) is 28.8 Å². The minimum atomic E-state index is -0.558. The fraction of sp³-hybridized carbons (Fsp3) is 0.357. The number of nitrogens with one attached hydrogen (secondary N) is 2. The molecule has 200 valence electrons. The molecule has 39 heavy (non-hydrogen) atoms. The molecule has 3 aromatic rings. The van der Waals surface area contributed by atoms with Crippen molar-refractivity contribution in [2.24, 2.45) is 11.7 Å². The normalized spacial score (nSPS) is 19.3. The summed E-state index contributed by atoms with van der Waals surface area (Å²) < 4.78 is 0. The summed E-state index contributed by atoms with van der Waals surface area (Å²) in [6.45, 7) is 4.41. The minimum Gasteiger partial charge on any atom is -0.381 e. The van der Waals surface area contributed by atoms with Crippen LogP contribution < -0.4 is 26.2 Å². The van der Waals surface area contributed by atoms with E-state index in [1.165, 1.54) is 6.20 Å². The largest absolute Gasteiger partial charge is 0.381 e. The number of aromatic nitrogens is 3. The molecule has 0 spiro atoms. The van der Waals surface area contributed by atoms with Crippen molar-refractivity contribution in [3.8, 4) is 6.07 Å². The van der Waals surface area contributed by atoms with Gasteiger partial charge in [0.2, 0.25) is 5.91 Å². The lowest BCUT2D eigenvalue weighted by Gasteiger charge is -2.38. The van der Waals surface area contributed by atoms with Crippen LogP contribution in [0.2, 0.25) is 0 Å². The van der Waals surface area contributed by atoms with Crippen LogP contribution in [0.3, 0.4) is 0 Å². The van der Waals surface area contributed by atoms with Gasteiger partial charge >= 0.3 is 0 Å². The Kier molecular flexibility index (Phi) is 7.54. The fourth-order valence-corrected chi connectivity index (χ4v) is 5.08. The van der Waals surface area contributed by atoms with Crippen molar-refractivity contribution in [2.75, 3.05) is 40.1 Å². The van der Waals surface area contributed by atoms with Crippen LogP contribution in [0.15, 0.2) is 48.9 Å². The molecule has 3 aromatic heterocycles. The molecule has 0 aromatic carbocycles. The molecule has 0 unspecified atom stereocenters. The molecule has 2 fully saturated rings. The molecule has 2 aliphatic rings. The average Bonchev–Trinajstić information content (AvgIpc) is 2.95. The van der Waals surface area contributed by atoms with Gasteiger partial charge in [-0.2, -0.15) is 5.26 Å². The standard InChI is InChI=1S/C28H31N9O2/c1-18-17-36(26-8-5-19(13-29)14-33-26)11-9-22(18)34-23-12-25(32-16-21(23)28(30)39)35-24-7-6-20(15-31-24)37-10-3-2-4-27(37)38/h5-8,12,14-16,18,22H,2-4,9-11,17H2,1H3,(H2,30,39)(H2,31,32,34,35)/t18-,22-/m0/s1. The van der Waals surface area contributed by atoms with Crippen molar-refractivity contribution in [1.82, 2.24) is 15.0 Å². The number of pyridine rings is 3. The Bertz CT molecular complexity index is 1390. The predicted octanol–water partition coefficient (Wildman–Crippen LogP) is 3.43. The third-order valence-electron chi connectivity index (χ3n) is 7.26. The number of hydrogen-bond donors (Lipinski definition) is 3. The summed E-state index contributed by atoms with van der Waals surface area (Å²) in [5, 5.41) is 15.7. The lowest BCUT2D eigenvalue weighted by molar-refractivity contribution is -0.119. The summed E-state index contributed by atoms with van der Waals surface area (Å²) in [6, 6.07) is 11.3. The fourth-order valence-electron chi connectivity index (χ4n) is 5.08. The number of anilines is 5. The van der Waals surface area contributed by atoms with Crippen molar-refractivity contribution in [2.45, 2.75) is 38.6 Å². The Balaban J connectivity index is 1.27. The zero-order valence-electron chi connectivity index (χ0n) is 21.8. The Morgan fingerprint density at radius 2 is 1.92 bits per heavy atom. The first kappa shape index (κ1) is 25.9. The maximum Gasteiger partial charge on any atom is 0.252 e. The van der Waals surface area contributed by atoms with Gasteiger partial charge in [-0.3, -0.25) is 9.59 Å². The van der Waals surface area contributed by atoms with Gasteiger partial charge in [0, 0.05) is 50.6 Å². The van der Waals surface area contributed by atoms with Gasteiger partial charge in [0.15, 0.2) is 0 Å². The van der Waals surface area contributed by atoms with E-state index in [1.54, 1.807) is 29.4 Å². The number of nitrogens with two attached hydrogens (primary N) is 1. The second-order valence-electron chi connectivity index (χ2n) is 9.99. The summed E-state index contributed by atoms with van der Waals surface area (Å²) in [4.78, 5) is 41.6. The van der Waals surface area contributed by atoms with E-state index in [-0.39, 0.29) is 17.9 Å². The highest BCUT2D eigenvalue weighted by Crippen LogP contribution is 2.28. The van der Waals surface area contributed by atoms with E-state index in [1.807, 2.05) is 18.2 Å². The number of carbonyl (C=O) groups excluding carboxylic acids is 2. The van der Waals surface area contributed by atoms with E-state index in [0.717, 1.165) is 43.9 Å². The molecule has 2 atom stereocenters. The Hall–Kier alpha value is -4.72. The number of rotatable bonds is 7. The van der Waals surface area contributed by atoms with E-state index in [0.29, 0.717) is 41.4 Å². The first-order chi connectivity index (χ1) is 18.9. The van der Waals surface area contributed by atoms with Crippen LogP contribution in [0.1, 0.15) is 48.5 Å². The average molecular weight is 526 g/mol. The second kappa shape index (κ2) is 11.3. The smallest absolute Gasteiger partial charge is 0.252 e. The van der Waals surface area contributed by atoms with Gasteiger partial charge in [0.25, 0.3) is 5.91 Å². The number of piperidine rings is 2. The molecular formula is C28H31N9O2. The van der Waals surface area contributed by atoms with Gasteiger partial charge in [-0.1, -0.05) is 6.92 Å². The molecule has 2 amide bonds. The first-order valence-corrected chi connectivity index (χ1v) is 13.1. The summed E-state index contributed by atoms with van der Waals surface area (Å²) in [7, 11) is 0. The zero-order chi connectivity index (χ0) is 27.4. The SMILES string of the molecule is C[C@H]1CN(c2ccc(C#N)cn2)CC[C@@H]1Nc1cc(Nc2ccc(N3CCCCC3=O)cn2)ncc1C(N)=O. The molecule has 11 nitrogen and oxygen atoms in total. The van der Waals surface area contributed by atoms with Gasteiger partial charge in [0.05, 0.1) is 28.7 Å². The van der Waals surface area contributed by atoms with Crippen LogP contribution in [0.5, 0.6) is 0 Å². The third-order valence-corrected chi connectivity index (χ3v) is 7.26. The van der Waals surface area contributed by atoms with Gasteiger partial charge in [0.1, 0.15) is 23.5 Å². The van der Waals surface area contributed by atoms with E-state index in [9.17, 15) is 9.59 Å². The van der Waals surface area contributed by atoms with Crippen molar-refractivity contribution in [3.63, 3.8) is 0 Å². The Labute approximate surface area is 227 Å². The molecule has 5 heterocycles. The van der Waals surface area contributed by atoms with E-state index in [2.05, 4.69) is 43.5 Å². The molecule has 0 radical (unpaired) electrons. The second-order valence-corrected chi connectivity index (χ2v) is 9.99. The van der Waals surface area contributed by atoms with Gasteiger partial charge < -0.3 is 26.2 Å². The van der Waals surface area contributed by atoms with Crippen LogP contribution in [0, 0.1) is 17.2 Å². The van der Waals surface area contributed by atoms with Crippen molar-refractivity contribution >= 4 is 40.6 Å². The van der Waals surface area contributed by atoms with Crippen LogP contribution >= 0.6 is 0 Å². The van der Waals surface area contributed by atoms with Gasteiger partial charge in [-0.05, 0) is 49.4 Å². The highest BCUT2D eigenvalue weighted by atomic mass is 16.2. The van der Waals surface area contributed by atoms with E-state index < -0.39 is 5.91 Å². The number of nitriles is 1. The number of nitrogens with zero attached hydrogens (tertiary/aromatic N) is 6. The first-order valence-electron chi connectivity index (χ1n) is 13.1. The van der Waals surface area contributed by atoms with Crippen molar-refractivity contribution in [1.29, 1.82) is 5.26 Å². The number of primary amides is 1. The summed E-state index contributed by atoms with van der Waals surface area (Å²) in [5.74, 6) is 1.74. The monoisotopic (exact) mass is 525 g/mol. The maximum atomic E-state index is 12.2. The molecule has 2 aliphatic heterocycles. The topological polar surface area (TPSA) is 153 Å². The lowest BCUT2D eigenvalue weighted by Crippen LogP contribution is -2.45. The molecule has 11 heteroatoms. The molecule has 0 bridgehead atoms. The molecule has 0 aliphatic carbocycles. The number of hydrogen-bond acceptors (Lipinski definition) is 9.